The number of phenols is 3. The number of carbonyl (C=O) groups is 1. The Labute approximate surface area is 137 Å². The molecule has 0 bridgehead atoms. The van der Waals surface area contributed by atoms with E-state index in [2.05, 4.69) is 6.58 Å². The summed E-state index contributed by atoms with van der Waals surface area (Å²) < 4.78 is 5.54. The van der Waals surface area contributed by atoms with Crippen molar-refractivity contribution in [2.45, 2.75) is 13.0 Å². The van der Waals surface area contributed by atoms with Gasteiger partial charge in [-0.2, -0.15) is 0 Å². The number of aromatic hydroxyl groups is 3. The van der Waals surface area contributed by atoms with Gasteiger partial charge in [-0.15, -0.1) is 0 Å². The van der Waals surface area contributed by atoms with Crippen LogP contribution in [0.15, 0.2) is 36.4 Å². The molecule has 2 aromatic carbocycles. The Kier molecular flexibility index (Phi) is 3.69. The molecule has 0 saturated carbocycles. The summed E-state index contributed by atoms with van der Waals surface area (Å²) in [5.41, 5.74) is 0.996. The van der Waals surface area contributed by atoms with Crippen molar-refractivity contribution in [1.82, 2.24) is 0 Å². The number of rotatable bonds is 4. The fourth-order valence-electron chi connectivity index (χ4n) is 2.66. The number of benzene rings is 2. The highest BCUT2D eigenvalue weighted by molar-refractivity contribution is 6.25. The van der Waals surface area contributed by atoms with Crippen LogP contribution in [-0.2, 0) is 0 Å². The molecule has 0 spiro atoms. The van der Waals surface area contributed by atoms with Crippen molar-refractivity contribution in [3.8, 4) is 34.1 Å². The molecule has 0 amide bonds. The molecule has 124 valence electrons. The number of hydrogen-bond acceptors (Lipinski definition) is 6. The number of aliphatic hydroxyl groups excluding tert-OH is 1. The molecule has 0 aromatic heterocycles. The second-order valence-electron chi connectivity index (χ2n) is 5.72. The Morgan fingerprint density at radius 3 is 2.38 bits per heavy atom. The lowest BCUT2D eigenvalue weighted by Gasteiger charge is -2.15. The molecule has 1 unspecified atom stereocenters. The predicted molar refractivity (Wildman–Crippen MR) is 86.6 cm³/mol. The van der Waals surface area contributed by atoms with E-state index in [-0.39, 0.29) is 51.9 Å². The first-order chi connectivity index (χ1) is 11.3. The molecule has 4 N–H and O–H groups in total. The van der Waals surface area contributed by atoms with Gasteiger partial charge in [-0.05, 0) is 30.7 Å². The minimum absolute atomic E-state index is 0.0408. The molecule has 0 fully saturated rings. The van der Waals surface area contributed by atoms with Crippen LogP contribution in [0.1, 0.15) is 22.8 Å². The van der Waals surface area contributed by atoms with E-state index in [0.717, 1.165) is 0 Å². The highest BCUT2D eigenvalue weighted by atomic mass is 16.5. The number of phenolic OH excluding ortho intramolecular Hbond substituents is 3. The third-order valence-corrected chi connectivity index (χ3v) is 3.94. The number of hydrogen-bond donors (Lipinski definition) is 4. The summed E-state index contributed by atoms with van der Waals surface area (Å²) in [6.45, 7) is 5.14. The van der Waals surface area contributed by atoms with Crippen molar-refractivity contribution >= 4 is 5.78 Å². The SMILES string of the molecule is C=C(C)C(O)COc1cc(O)cc2c1-c1c(O)ccc(O)c1C2=O. The minimum atomic E-state index is -0.919. The maximum Gasteiger partial charge on any atom is 0.198 e. The van der Waals surface area contributed by atoms with E-state index in [1.807, 2.05) is 0 Å². The van der Waals surface area contributed by atoms with E-state index < -0.39 is 11.9 Å². The monoisotopic (exact) mass is 328 g/mol. The van der Waals surface area contributed by atoms with Crippen molar-refractivity contribution in [3.63, 3.8) is 0 Å². The van der Waals surface area contributed by atoms with E-state index in [0.29, 0.717) is 5.57 Å². The number of ether oxygens (including phenoxy) is 1. The van der Waals surface area contributed by atoms with Gasteiger partial charge in [0.1, 0.15) is 35.7 Å². The Bertz CT molecular complexity index is 868. The lowest BCUT2D eigenvalue weighted by molar-refractivity contribution is 0.104. The highest BCUT2D eigenvalue weighted by Crippen LogP contribution is 2.50. The van der Waals surface area contributed by atoms with E-state index in [1.165, 1.54) is 24.3 Å². The molecule has 1 aliphatic carbocycles. The molecule has 0 radical (unpaired) electrons. The minimum Gasteiger partial charge on any atom is -0.508 e. The van der Waals surface area contributed by atoms with Crippen molar-refractivity contribution in [2.24, 2.45) is 0 Å². The number of aliphatic hydroxyl groups is 1. The topological polar surface area (TPSA) is 107 Å². The summed E-state index contributed by atoms with van der Waals surface area (Å²) in [6, 6.07) is 5.04. The quantitative estimate of drug-likeness (QED) is 0.432. The van der Waals surface area contributed by atoms with Crippen LogP contribution in [0.3, 0.4) is 0 Å². The Hall–Kier alpha value is -2.99. The fraction of sp³-hybridized carbons (Fsp3) is 0.167. The maximum absolute atomic E-state index is 12.5. The van der Waals surface area contributed by atoms with Gasteiger partial charge in [0, 0.05) is 22.8 Å². The largest absolute Gasteiger partial charge is 0.508 e. The van der Waals surface area contributed by atoms with Crippen molar-refractivity contribution in [1.29, 1.82) is 0 Å². The molecule has 1 atom stereocenters. The molecule has 1 aliphatic rings. The average Bonchev–Trinajstić information content (AvgIpc) is 2.82. The second kappa shape index (κ2) is 5.58. The van der Waals surface area contributed by atoms with Crippen LogP contribution < -0.4 is 4.74 Å². The maximum atomic E-state index is 12.5. The summed E-state index contributed by atoms with van der Waals surface area (Å²) in [7, 11) is 0. The zero-order valence-electron chi connectivity index (χ0n) is 12.9. The molecule has 6 nitrogen and oxygen atoms in total. The van der Waals surface area contributed by atoms with Gasteiger partial charge in [0.15, 0.2) is 5.78 Å². The van der Waals surface area contributed by atoms with Crippen LogP contribution in [0, 0.1) is 0 Å². The standard InChI is InChI=1S/C18H16O6/c1-8(2)13(22)7-24-14-6-9(19)5-10-15(14)16-11(20)3-4-12(21)17(16)18(10)23/h3-6,13,19-22H,1,7H2,2H3. The zero-order chi connectivity index (χ0) is 17.6. The Morgan fingerprint density at radius 2 is 1.75 bits per heavy atom. The Morgan fingerprint density at radius 1 is 1.12 bits per heavy atom. The van der Waals surface area contributed by atoms with Crippen LogP contribution in [0.25, 0.3) is 11.1 Å². The van der Waals surface area contributed by atoms with Gasteiger partial charge < -0.3 is 25.2 Å². The van der Waals surface area contributed by atoms with E-state index >= 15 is 0 Å². The van der Waals surface area contributed by atoms with E-state index in [4.69, 9.17) is 4.74 Å². The lowest BCUT2D eigenvalue weighted by atomic mass is 10.0. The van der Waals surface area contributed by atoms with E-state index in [1.54, 1.807) is 6.92 Å². The molecule has 24 heavy (non-hydrogen) atoms. The first kappa shape index (κ1) is 15.9. The second-order valence-corrected chi connectivity index (χ2v) is 5.72. The van der Waals surface area contributed by atoms with Crippen LogP contribution in [0.5, 0.6) is 23.0 Å². The van der Waals surface area contributed by atoms with E-state index in [9.17, 15) is 25.2 Å². The van der Waals surface area contributed by atoms with Gasteiger partial charge in [0.2, 0.25) is 0 Å². The summed E-state index contributed by atoms with van der Waals surface area (Å²) in [5, 5.41) is 39.8. The summed E-state index contributed by atoms with van der Waals surface area (Å²) in [6.07, 6.45) is -0.919. The molecule has 2 aromatic rings. The average molecular weight is 328 g/mol. The molecule has 3 rings (SSSR count). The van der Waals surface area contributed by atoms with Crippen LogP contribution in [0.2, 0.25) is 0 Å². The Balaban J connectivity index is 2.15. The predicted octanol–water partition coefficient (Wildman–Crippen LogP) is 2.33. The molecular weight excluding hydrogens is 312 g/mol. The first-order valence-corrected chi connectivity index (χ1v) is 7.24. The number of carbonyl (C=O) groups excluding carboxylic acids is 1. The van der Waals surface area contributed by atoms with Gasteiger partial charge in [0.25, 0.3) is 0 Å². The molecule has 0 heterocycles. The van der Waals surface area contributed by atoms with Gasteiger partial charge in [-0.3, -0.25) is 4.79 Å². The summed E-state index contributed by atoms with van der Waals surface area (Å²) in [5.74, 6) is -1.05. The lowest BCUT2D eigenvalue weighted by Crippen LogP contribution is -2.18. The molecule has 6 heteroatoms. The summed E-state index contributed by atoms with van der Waals surface area (Å²) >= 11 is 0. The van der Waals surface area contributed by atoms with Crippen molar-refractivity contribution in [3.05, 3.63) is 47.5 Å². The fourth-order valence-corrected chi connectivity index (χ4v) is 2.66. The smallest absolute Gasteiger partial charge is 0.198 e. The number of ketones is 1. The summed E-state index contributed by atoms with van der Waals surface area (Å²) in [4.78, 5) is 12.5. The normalized spacial score (nSPS) is 13.3. The van der Waals surface area contributed by atoms with Crippen LogP contribution >= 0.6 is 0 Å². The third kappa shape index (κ3) is 2.37. The van der Waals surface area contributed by atoms with Gasteiger partial charge in [0.05, 0.1) is 5.56 Å². The number of fused-ring (bicyclic) bond motifs is 3. The molecule has 0 aliphatic heterocycles. The van der Waals surface area contributed by atoms with Crippen LogP contribution in [0.4, 0.5) is 0 Å². The highest BCUT2D eigenvalue weighted by Gasteiger charge is 2.35. The van der Waals surface area contributed by atoms with Gasteiger partial charge >= 0.3 is 0 Å². The van der Waals surface area contributed by atoms with Gasteiger partial charge in [-0.25, -0.2) is 0 Å². The zero-order valence-corrected chi connectivity index (χ0v) is 12.9. The first-order valence-electron chi connectivity index (χ1n) is 7.24. The van der Waals surface area contributed by atoms with Gasteiger partial charge in [-0.1, -0.05) is 6.58 Å². The van der Waals surface area contributed by atoms with Crippen LogP contribution in [-0.4, -0.2) is 38.9 Å². The van der Waals surface area contributed by atoms with Crippen molar-refractivity contribution < 1.29 is 30.0 Å². The van der Waals surface area contributed by atoms with Crippen molar-refractivity contribution in [2.75, 3.05) is 6.61 Å². The molecular formula is C18H16O6. The molecule has 0 saturated heterocycles. The third-order valence-electron chi connectivity index (χ3n) is 3.94.